The van der Waals surface area contributed by atoms with Gasteiger partial charge in [-0.3, -0.25) is 9.69 Å². The zero-order chi connectivity index (χ0) is 27.9. The van der Waals surface area contributed by atoms with Crippen LogP contribution in [0.3, 0.4) is 0 Å². The Hall–Kier alpha value is -3.93. The molecule has 206 valence electrons. The van der Waals surface area contributed by atoms with Crippen molar-refractivity contribution in [2.45, 2.75) is 38.5 Å². The molecule has 39 heavy (non-hydrogen) atoms. The van der Waals surface area contributed by atoms with Crippen molar-refractivity contribution in [1.82, 2.24) is 30.1 Å². The number of hydrogen-bond donors (Lipinski definition) is 1. The minimum absolute atomic E-state index is 0.263. The Balaban J connectivity index is 1.53. The highest BCUT2D eigenvalue weighted by molar-refractivity contribution is 5.80. The maximum Gasteiger partial charge on any atom is 0.416 e. The molecule has 0 bridgehead atoms. The number of fused-ring (bicyclic) bond motifs is 1. The minimum atomic E-state index is -4.41. The van der Waals surface area contributed by atoms with Crippen molar-refractivity contribution in [1.29, 1.82) is 0 Å². The van der Waals surface area contributed by atoms with Crippen molar-refractivity contribution in [2.75, 3.05) is 38.2 Å². The molecule has 1 fully saturated rings. The molecule has 0 aliphatic carbocycles. The average molecular weight is 542 g/mol. The number of tetrazole rings is 1. The molecule has 9 nitrogen and oxygen atoms in total. The largest absolute Gasteiger partial charge is 0.497 e. The normalized spacial score (nSPS) is 16.0. The summed E-state index contributed by atoms with van der Waals surface area (Å²) in [5, 5.41) is 13.3. The first-order valence-electron chi connectivity index (χ1n) is 12.6. The monoisotopic (exact) mass is 541 g/mol. The lowest BCUT2D eigenvalue weighted by Gasteiger charge is -2.40. The van der Waals surface area contributed by atoms with Crippen molar-refractivity contribution in [2.24, 2.45) is 0 Å². The number of halogens is 3. The van der Waals surface area contributed by atoms with Gasteiger partial charge in [0.2, 0.25) is 0 Å². The Bertz CT molecular complexity index is 1530. The highest BCUT2D eigenvalue weighted by atomic mass is 19.4. The van der Waals surface area contributed by atoms with Crippen LogP contribution < -0.4 is 15.2 Å². The summed E-state index contributed by atoms with van der Waals surface area (Å²) in [5.41, 5.74) is 0.265. The molecular formula is C27H30F3N7O2. The minimum Gasteiger partial charge on any atom is -0.497 e. The van der Waals surface area contributed by atoms with E-state index in [0.717, 1.165) is 11.5 Å². The summed E-state index contributed by atoms with van der Waals surface area (Å²) in [4.78, 5) is 20.4. The van der Waals surface area contributed by atoms with Crippen molar-refractivity contribution in [3.63, 3.8) is 0 Å². The number of nitrogens with zero attached hydrogens (tertiary/aromatic N) is 6. The van der Waals surface area contributed by atoms with Crippen LogP contribution in [-0.4, -0.2) is 63.4 Å². The first-order valence-corrected chi connectivity index (χ1v) is 12.6. The van der Waals surface area contributed by atoms with Gasteiger partial charge in [0.05, 0.1) is 18.2 Å². The van der Waals surface area contributed by atoms with Crippen LogP contribution in [0.5, 0.6) is 5.75 Å². The molecule has 1 aliphatic rings. The van der Waals surface area contributed by atoms with E-state index in [9.17, 15) is 18.0 Å². The van der Waals surface area contributed by atoms with E-state index in [0.29, 0.717) is 54.5 Å². The second-order valence-electron chi connectivity index (χ2n) is 10.6. The smallest absolute Gasteiger partial charge is 0.416 e. The quantitative estimate of drug-likeness (QED) is 0.405. The Labute approximate surface area is 223 Å². The molecule has 0 amide bonds. The molecule has 0 unspecified atom stereocenters. The van der Waals surface area contributed by atoms with Crippen molar-refractivity contribution in [3.05, 3.63) is 75.8 Å². The van der Waals surface area contributed by atoms with Crippen LogP contribution in [0.4, 0.5) is 18.9 Å². The predicted octanol–water partition coefficient (Wildman–Crippen LogP) is 4.21. The number of alkyl halides is 3. The summed E-state index contributed by atoms with van der Waals surface area (Å²) in [6.45, 7) is 7.82. The average Bonchev–Trinajstić information content (AvgIpc) is 3.39. The van der Waals surface area contributed by atoms with Crippen LogP contribution in [0, 0.1) is 0 Å². The van der Waals surface area contributed by atoms with Gasteiger partial charge in [-0.1, -0.05) is 6.07 Å². The fourth-order valence-electron chi connectivity index (χ4n) is 4.99. The molecule has 0 radical (unpaired) electrons. The molecule has 5 rings (SSSR count). The zero-order valence-electron chi connectivity index (χ0n) is 22.2. The zero-order valence-corrected chi connectivity index (χ0v) is 22.2. The van der Waals surface area contributed by atoms with E-state index in [1.54, 1.807) is 30.0 Å². The number of pyridine rings is 1. The van der Waals surface area contributed by atoms with Crippen molar-refractivity contribution < 1.29 is 17.9 Å². The van der Waals surface area contributed by atoms with Crippen LogP contribution >= 0.6 is 0 Å². The van der Waals surface area contributed by atoms with Crippen LogP contribution in [0.1, 0.15) is 43.8 Å². The number of rotatable bonds is 5. The molecule has 1 atom stereocenters. The maximum atomic E-state index is 13.4. The number of hydrogen-bond acceptors (Lipinski definition) is 7. The van der Waals surface area contributed by atoms with E-state index in [4.69, 9.17) is 4.74 Å². The summed E-state index contributed by atoms with van der Waals surface area (Å²) in [6.07, 6.45) is -4.41. The lowest BCUT2D eigenvalue weighted by molar-refractivity contribution is -0.137. The lowest BCUT2D eigenvalue weighted by Crippen LogP contribution is -2.49. The third-order valence-corrected chi connectivity index (χ3v) is 6.97. The number of nitrogens with one attached hydrogen (secondary N) is 1. The number of aromatic nitrogens is 5. The molecule has 0 saturated carbocycles. The highest BCUT2D eigenvalue weighted by Gasteiger charge is 2.36. The van der Waals surface area contributed by atoms with E-state index < -0.39 is 23.3 Å². The summed E-state index contributed by atoms with van der Waals surface area (Å²) in [5.74, 6) is 1.18. The molecule has 12 heteroatoms. The fraction of sp³-hybridized carbons (Fsp3) is 0.407. The van der Waals surface area contributed by atoms with Crippen LogP contribution in [0.2, 0.25) is 0 Å². The van der Waals surface area contributed by atoms with Crippen LogP contribution in [0.25, 0.3) is 10.9 Å². The van der Waals surface area contributed by atoms with Gasteiger partial charge < -0.3 is 14.6 Å². The van der Waals surface area contributed by atoms with E-state index in [1.165, 1.54) is 12.1 Å². The van der Waals surface area contributed by atoms with E-state index in [2.05, 4.69) is 25.4 Å². The number of benzene rings is 2. The SMILES string of the molecule is COc1ccc2[nH]c(=O)c([C@@H](c3nnnn3C(C)(C)C)N3CCN(c4cccc(C(F)(F)F)c4)CC3)cc2c1. The number of anilines is 1. The Morgan fingerprint density at radius 3 is 2.41 bits per heavy atom. The summed E-state index contributed by atoms with van der Waals surface area (Å²) in [7, 11) is 1.58. The van der Waals surface area contributed by atoms with Gasteiger partial charge in [0.15, 0.2) is 5.82 Å². The topological polar surface area (TPSA) is 92.2 Å². The molecule has 1 N–H and O–H groups in total. The van der Waals surface area contributed by atoms with Gasteiger partial charge in [-0.15, -0.1) is 5.10 Å². The van der Waals surface area contributed by atoms with Crippen LogP contribution in [0.15, 0.2) is 53.3 Å². The molecule has 1 saturated heterocycles. The van der Waals surface area contributed by atoms with E-state index >= 15 is 0 Å². The number of ether oxygens (including phenoxy) is 1. The molecule has 2 aromatic carbocycles. The second-order valence-corrected chi connectivity index (χ2v) is 10.6. The molecule has 3 heterocycles. The molecule has 4 aromatic rings. The van der Waals surface area contributed by atoms with Crippen molar-refractivity contribution >= 4 is 16.6 Å². The number of methoxy groups -OCH3 is 1. The first-order chi connectivity index (χ1) is 18.5. The highest BCUT2D eigenvalue weighted by Crippen LogP contribution is 2.34. The maximum absolute atomic E-state index is 13.4. The number of piperazine rings is 1. The van der Waals surface area contributed by atoms with Gasteiger partial charge in [0, 0.05) is 48.3 Å². The van der Waals surface area contributed by atoms with Gasteiger partial charge in [-0.05, 0) is 73.7 Å². The third-order valence-electron chi connectivity index (χ3n) is 6.97. The fourth-order valence-corrected chi connectivity index (χ4v) is 4.99. The predicted molar refractivity (Wildman–Crippen MR) is 141 cm³/mol. The van der Waals surface area contributed by atoms with Gasteiger partial charge in [0.25, 0.3) is 5.56 Å². The van der Waals surface area contributed by atoms with Crippen molar-refractivity contribution in [3.8, 4) is 5.75 Å². The summed E-state index contributed by atoms with van der Waals surface area (Å²) in [6, 6.07) is 12.0. The Morgan fingerprint density at radius 1 is 1.00 bits per heavy atom. The van der Waals surface area contributed by atoms with Gasteiger partial charge in [0.1, 0.15) is 11.8 Å². The molecule has 1 aliphatic heterocycles. The summed E-state index contributed by atoms with van der Waals surface area (Å²) >= 11 is 0. The van der Waals surface area contributed by atoms with E-state index in [-0.39, 0.29) is 5.56 Å². The van der Waals surface area contributed by atoms with Crippen LogP contribution in [-0.2, 0) is 11.7 Å². The first kappa shape index (κ1) is 26.7. The Kier molecular flexibility index (Phi) is 6.83. The molecular weight excluding hydrogens is 511 g/mol. The second kappa shape index (κ2) is 9.99. The van der Waals surface area contributed by atoms with Gasteiger partial charge in [-0.25, -0.2) is 4.68 Å². The Morgan fingerprint density at radius 2 is 1.74 bits per heavy atom. The molecule has 2 aromatic heterocycles. The lowest BCUT2D eigenvalue weighted by atomic mass is 10.0. The van der Waals surface area contributed by atoms with Gasteiger partial charge in [-0.2, -0.15) is 13.2 Å². The standard InChI is InChI=1S/C27H30F3N7O2/c1-26(2,3)37-24(32-33-34-37)23(21-15-17-14-20(39-4)8-9-22(17)31-25(21)38)36-12-10-35(11-13-36)19-7-5-6-18(16-19)27(28,29)30/h5-9,14-16,23H,10-13H2,1-4H3,(H,31,38)/t23-/m0/s1. The number of H-pyrrole nitrogens is 1. The van der Waals surface area contributed by atoms with E-state index in [1.807, 2.05) is 37.8 Å². The third kappa shape index (κ3) is 5.33. The number of aromatic amines is 1. The van der Waals surface area contributed by atoms with Gasteiger partial charge >= 0.3 is 6.18 Å². The molecule has 0 spiro atoms. The summed E-state index contributed by atoms with van der Waals surface area (Å²) < 4.78 is 47.0.